The fourth-order valence-electron chi connectivity index (χ4n) is 4.45. The Kier molecular flexibility index (Phi) is 7.34. The molecule has 1 saturated heterocycles. The molecule has 0 unspecified atom stereocenters. The number of esters is 1. The molecule has 0 spiro atoms. The van der Waals surface area contributed by atoms with E-state index in [9.17, 15) is 14.4 Å². The molecule has 1 N–H and O–H groups in total. The van der Waals surface area contributed by atoms with E-state index in [1.807, 2.05) is 29.2 Å². The predicted molar refractivity (Wildman–Crippen MR) is 112 cm³/mol. The minimum atomic E-state index is -0.490. The normalized spacial score (nSPS) is 26.4. The standard InChI is InChI=1S/C23H32N2O5/c1-15-5-4-6-20(16(15)2)25-13-18(11-22(25)27)23(28)30-14-21(26)24-12-17-7-9-19(29-3)10-8-17/h7-10,15-16,18,20H,4-6,11-14H2,1-3H3,(H,24,26)/t15-,16+,18+,20+/m0/s1. The van der Waals surface area contributed by atoms with Crippen LogP contribution in [0.4, 0.5) is 0 Å². The van der Waals surface area contributed by atoms with Gasteiger partial charge in [-0.2, -0.15) is 0 Å². The van der Waals surface area contributed by atoms with Gasteiger partial charge in [-0.3, -0.25) is 14.4 Å². The van der Waals surface area contributed by atoms with Crippen LogP contribution in [0.3, 0.4) is 0 Å². The van der Waals surface area contributed by atoms with Crippen LogP contribution in [0.25, 0.3) is 0 Å². The van der Waals surface area contributed by atoms with E-state index >= 15 is 0 Å². The van der Waals surface area contributed by atoms with E-state index in [1.54, 1.807) is 7.11 Å². The Labute approximate surface area is 178 Å². The highest BCUT2D eigenvalue weighted by Gasteiger charge is 2.42. The molecule has 4 atom stereocenters. The number of ether oxygens (including phenoxy) is 2. The molecule has 1 aliphatic heterocycles. The largest absolute Gasteiger partial charge is 0.497 e. The van der Waals surface area contributed by atoms with Crippen LogP contribution < -0.4 is 10.1 Å². The van der Waals surface area contributed by atoms with Crippen molar-refractivity contribution in [2.45, 2.75) is 52.1 Å². The molecule has 1 heterocycles. The van der Waals surface area contributed by atoms with Crippen LogP contribution in [-0.2, 0) is 25.7 Å². The second-order valence-corrected chi connectivity index (χ2v) is 8.51. The number of hydrogen-bond donors (Lipinski definition) is 1. The molecule has 7 heteroatoms. The van der Waals surface area contributed by atoms with Gasteiger partial charge in [0.2, 0.25) is 5.91 Å². The molecule has 7 nitrogen and oxygen atoms in total. The van der Waals surface area contributed by atoms with Crippen LogP contribution in [0.5, 0.6) is 5.75 Å². The molecule has 1 aromatic carbocycles. The van der Waals surface area contributed by atoms with Gasteiger partial charge in [-0.05, 0) is 36.0 Å². The number of nitrogens with one attached hydrogen (secondary N) is 1. The van der Waals surface area contributed by atoms with E-state index in [0.717, 1.165) is 24.2 Å². The number of likely N-dealkylation sites (tertiary alicyclic amines) is 1. The first-order chi connectivity index (χ1) is 14.4. The maximum absolute atomic E-state index is 12.5. The fourth-order valence-corrected chi connectivity index (χ4v) is 4.45. The summed E-state index contributed by atoms with van der Waals surface area (Å²) in [5.41, 5.74) is 0.920. The molecule has 30 heavy (non-hydrogen) atoms. The third-order valence-electron chi connectivity index (χ3n) is 6.55. The minimum absolute atomic E-state index is 0.0202. The van der Waals surface area contributed by atoms with Gasteiger partial charge >= 0.3 is 5.97 Å². The molecular weight excluding hydrogens is 384 g/mol. The number of methoxy groups -OCH3 is 1. The van der Waals surface area contributed by atoms with E-state index in [-0.39, 0.29) is 30.9 Å². The zero-order valence-electron chi connectivity index (χ0n) is 18.1. The molecule has 0 bridgehead atoms. The lowest BCUT2D eigenvalue weighted by Gasteiger charge is -2.39. The SMILES string of the molecule is COc1ccc(CNC(=O)COC(=O)[C@@H]2CC(=O)N([C@@H]3CCC[C@H](C)[C@H]3C)C2)cc1. The Hall–Kier alpha value is -2.57. The van der Waals surface area contributed by atoms with Crippen molar-refractivity contribution in [1.82, 2.24) is 10.2 Å². The lowest BCUT2D eigenvalue weighted by Crippen LogP contribution is -2.45. The number of nitrogens with zero attached hydrogens (tertiary/aromatic N) is 1. The topological polar surface area (TPSA) is 84.9 Å². The van der Waals surface area contributed by atoms with Crippen molar-refractivity contribution < 1.29 is 23.9 Å². The lowest BCUT2D eigenvalue weighted by molar-refractivity contribution is -0.152. The van der Waals surface area contributed by atoms with Gasteiger partial charge in [0, 0.05) is 25.6 Å². The maximum atomic E-state index is 12.5. The van der Waals surface area contributed by atoms with Crippen molar-refractivity contribution in [3.8, 4) is 5.75 Å². The second kappa shape index (κ2) is 9.96. The predicted octanol–water partition coefficient (Wildman–Crippen LogP) is 2.53. The highest BCUT2D eigenvalue weighted by Crippen LogP contribution is 2.35. The smallest absolute Gasteiger partial charge is 0.311 e. The van der Waals surface area contributed by atoms with Crippen LogP contribution in [0, 0.1) is 17.8 Å². The van der Waals surface area contributed by atoms with Crippen molar-refractivity contribution >= 4 is 17.8 Å². The fraction of sp³-hybridized carbons (Fsp3) is 0.609. The number of rotatable bonds is 7. The third kappa shape index (κ3) is 5.32. The van der Waals surface area contributed by atoms with Crippen LogP contribution in [0.15, 0.2) is 24.3 Å². The molecule has 1 saturated carbocycles. The molecule has 0 aromatic heterocycles. The Morgan fingerprint density at radius 1 is 1.17 bits per heavy atom. The average Bonchev–Trinajstić information content (AvgIpc) is 3.14. The molecule has 2 aliphatic rings. The number of amides is 2. The zero-order valence-corrected chi connectivity index (χ0v) is 18.1. The molecule has 2 fully saturated rings. The summed E-state index contributed by atoms with van der Waals surface area (Å²) >= 11 is 0. The monoisotopic (exact) mass is 416 g/mol. The summed E-state index contributed by atoms with van der Waals surface area (Å²) in [7, 11) is 1.60. The highest BCUT2D eigenvalue weighted by atomic mass is 16.5. The van der Waals surface area contributed by atoms with Gasteiger partial charge in [0.25, 0.3) is 5.91 Å². The van der Waals surface area contributed by atoms with E-state index < -0.39 is 11.9 Å². The first-order valence-electron chi connectivity index (χ1n) is 10.7. The van der Waals surface area contributed by atoms with E-state index in [1.165, 1.54) is 6.42 Å². The van der Waals surface area contributed by atoms with Crippen LogP contribution >= 0.6 is 0 Å². The van der Waals surface area contributed by atoms with Crippen molar-refractivity contribution in [3.05, 3.63) is 29.8 Å². The Balaban J connectivity index is 1.43. The second-order valence-electron chi connectivity index (χ2n) is 8.51. The average molecular weight is 417 g/mol. The van der Waals surface area contributed by atoms with E-state index in [2.05, 4.69) is 19.2 Å². The van der Waals surface area contributed by atoms with Crippen molar-refractivity contribution in [1.29, 1.82) is 0 Å². The van der Waals surface area contributed by atoms with Gasteiger partial charge in [-0.25, -0.2) is 0 Å². The summed E-state index contributed by atoms with van der Waals surface area (Å²) in [6.07, 6.45) is 3.47. The molecule has 0 radical (unpaired) electrons. The Bertz CT molecular complexity index is 763. The molecular formula is C23H32N2O5. The molecule has 1 aliphatic carbocycles. The Morgan fingerprint density at radius 2 is 1.90 bits per heavy atom. The van der Waals surface area contributed by atoms with Crippen molar-refractivity contribution in [3.63, 3.8) is 0 Å². The summed E-state index contributed by atoms with van der Waals surface area (Å²) in [5, 5.41) is 2.73. The number of carbonyl (C=O) groups is 3. The third-order valence-corrected chi connectivity index (χ3v) is 6.55. The molecule has 3 rings (SSSR count). The Morgan fingerprint density at radius 3 is 2.60 bits per heavy atom. The number of carbonyl (C=O) groups excluding carboxylic acids is 3. The first kappa shape index (κ1) is 22.1. The summed E-state index contributed by atoms with van der Waals surface area (Å²) in [6, 6.07) is 7.55. The quantitative estimate of drug-likeness (QED) is 0.691. The van der Waals surface area contributed by atoms with Gasteiger partial charge in [-0.15, -0.1) is 0 Å². The molecule has 1 aromatic rings. The van der Waals surface area contributed by atoms with E-state index in [4.69, 9.17) is 9.47 Å². The van der Waals surface area contributed by atoms with Crippen LogP contribution in [0.1, 0.15) is 45.1 Å². The summed E-state index contributed by atoms with van der Waals surface area (Å²) < 4.78 is 10.3. The number of hydrogen-bond acceptors (Lipinski definition) is 5. The molecule has 164 valence electrons. The van der Waals surface area contributed by atoms with Gasteiger partial charge < -0.3 is 19.7 Å². The highest BCUT2D eigenvalue weighted by molar-refractivity contribution is 5.88. The number of benzene rings is 1. The van der Waals surface area contributed by atoms with Crippen LogP contribution in [-0.4, -0.2) is 49.0 Å². The molecule has 2 amide bonds. The van der Waals surface area contributed by atoms with Gasteiger partial charge in [0.05, 0.1) is 13.0 Å². The van der Waals surface area contributed by atoms with E-state index in [0.29, 0.717) is 24.9 Å². The summed E-state index contributed by atoms with van der Waals surface area (Å²) in [5.74, 6) is 0.453. The summed E-state index contributed by atoms with van der Waals surface area (Å²) in [4.78, 5) is 38.8. The summed E-state index contributed by atoms with van der Waals surface area (Å²) in [6.45, 7) is 4.82. The van der Waals surface area contributed by atoms with Crippen molar-refractivity contribution in [2.24, 2.45) is 17.8 Å². The van der Waals surface area contributed by atoms with Crippen LogP contribution in [0.2, 0.25) is 0 Å². The zero-order chi connectivity index (χ0) is 21.7. The first-order valence-corrected chi connectivity index (χ1v) is 10.7. The van der Waals surface area contributed by atoms with Gasteiger partial charge in [0.15, 0.2) is 6.61 Å². The van der Waals surface area contributed by atoms with Gasteiger partial charge in [0.1, 0.15) is 5.75 Å². The van der Waals surface area contributed by atoms with Crippen molar-refractivity contribution in [2.75, 3.05) is 20.3 Å². The minimum Gasteiger partial charge on any atom is -0.497 e. The maximum Gasteiger partial charge on any atom is 0.311 e. The lowest BCUT2D eigenvalue weighted by atomic mass is 9.77. The van der Waals surface area contributed by atoms with Gasteiger partial charge in [-0.1, -0.05) is 38.8 Å².